The highest BCUT2D eigenvalue weighted by Crippen LogP contribution is 2.24. The first kappa shape index (κ1) is 10.4. The van der Waals surface area contributed by atoms with E-state index in [0.29, 0.717) is 11.0 Å². The minimum atomic E-state index is 0.253. The number of fused-ring (bicyclic) bond motifs is 1. The molecule has 0 radical (unpaired) electrons. The van der Waals surface area contributed by atoms with Gasteiger partial charge >= 0.3 is 0 Å². The second kappa shape index (κ2) is 4.58. The van der Waals surface area contributed by atoms with Gasteiger partial charge in [-0.3, -0.25) is 0 Å². The Morgan fingerprint density at radius 2 is 2.40 bits per heavy atom. The molecule has 0 fully saturated rings. The summed E-state index contributed by atoms with van der Waals surface area (Å²) in [5.74, 6) is 2.94. The molecule has 2 rings (SSSR count). The van der Waals surface area contributed by atoms with Gasteiger partial charge in [0.2, 0.25) is 0 Å². The third kappa shape index (κ3) is 2.26. The van der Waals surface area contributed by atoms with E-state index >= 15 is 0 Å². The van der Waals surface area contributed by atoms with Gasteiger partial charge in [0.25, 0.3) is 0 Å². The Balaban J connectivity index is 2.25. The summed E-state index contributed by atoms with van der Waals surface area (Å²) in [6, 6.07) is 1.90. The van der Waals surface area contributed by atoms with Gasteiger partial charge in [0.15, 0.2) is 5.82 Å². The number of nitrogens with zero attached hydrogens (tertiary/aromatic N) is 2. The van der Waals surface area contributed by atoms with Crippen molar-refractivity contribution in [3.8, 4) is 12.3 Å². The molecule has 0 bridgehead atoms. The molecule has 2 aromatic heterocycles. The predicted molar refractivity (Wildman–Crippen MR) is 60.9 cm³/mol. The quantitative estimate of drug-likeness (QED) is 0.468. The first-order chi connectivity index (χ1) is 7.31. The normalized spacial score (nSPS) is 10.4. The van der Waals surface area contributed by atoms with Crippen LogP contribution in [0.15, 0.2) is 11.4 Å². The summed E-state index contributed by atoms with van der Waals surface area (Å²) in [4.78, 5) is 9.28. The number of hydrogen-bond donors (Lipinski definition) is 0. The standard InChI is InChI=1S/C10H7ClN2OS/c1-2-4-14-6-8-12-9(11)7-3-5-15-10(7)13-8/h1,3,5H,4,6H2. The van der Waals surface area contributed by atoms with Crippen LogP contribution in [0.25, 0.3) is 10.2 Å². The molecule has 0 aliphatic heterocycles. The largest absolute Gasteiger partial charge is 0.361 e. The van der Waals surface area contributed by atoms with Gasteiger partial charge in [-0.25, -0.2) is 9.97 Å². The van der Waals surface area contributed by atoms with E-state index in [1.807, 2.05) is 11.4 Å². The van der Waals surface area contributed by atoms with E-state index in [9.17, 15) is 0 Å². The molecule has 5 heteroatoms. The van der Waals surface area contributed by atoms with Crippen molar-refractivity contribution < 1.29 is 4.74 Å². The lowest BCUT2D eigenvalue weighted by atomic mass is 10.4. The highest BCUT2D eigenvalue weighted by molar-refractivity contribution is 7.16. The topological polar surface area (TPSA) is 35.0 Å². The van der Waals surface area contributed by atoms with E-state index in [2.05, 4.69) is 15.9 Å². The van der Waals surface area contributed by atoms with Crippen LogP contribution in [0.3, 0.4) is 0 Å². The van der Waals surface area contributed by atoms with Gasteiger partial charge in [-0.15, -0.1) is 17.8 Å². The number of aromatic nitrogens is 2. The minimum Gasteiger partial charge on any atom is -0.361 e. The van der Waals surface area contributed by atoms with Crippen LogP contribution in [0, 0.1) is 12.3 Å². The maximum atomic E-state index is 5.98. The first-order valence-electron chi connectivity index (χ1n) is 4.22. The number of thiophene rings is 1. The third-order valence-corrected chi connectivity index (χ3v) is 2.84. The van der Waals surface area contributed by atoms with Crippen LogP contribution in [-0.2, 0) is 11.3 Å². The van der Waals surface area contributed by atoms with Crippen molar-refractivity contribution in [1.29, 1.82) is 0 Å². The maximum Gasteiger partial charge on any atom is 0.157 e. The molecule has 0 amide bonds. The van der Waals surface area contributed by atoms with E-state index in [1.165, 1.54) is 11.3 Å². The number of ether oxygens (including phenoxy) is 1. The molecule has 0 saturated carbocycles. The fraction of sp³-hybridized carbons (Fsp3) is 0.200. The van der Waals surface area contributed by atoms with Gasteiger partial charge in [0.1, 0.15) is 23.2 Å². The molecule has 76 valence electrons. The van der Waals surface area contributed by atoms with E-state index in [4.69, 9.17) is 22.8 Å². The predicted octanol–water partition coefficient (Wildman–Crippen LogP) is 2.49. The van der Waals surface area contributed by atoms with Gasteiger partial charge in [0, 0.05) is 5.39 Å². The summed E-state index contributed by atoms with van der Waals surface area (Å²) in [6.45, 7) is 0.543. The average molecular weight is 239 g/mol. The van der Waals surface area contributed by atoms with Crippen LogP contribution in [0.1, 0.15) is 5.82 Å². The number of hydrogen-bond acceptors (Lipinski definition) is 4. The Labute approximate surface area is 96.1 Å². The lowest BCUT2D eigenvalue weighted by Crippen LogP contribution is -1.99. The van der Waals surface area contributed by atoms with Crippen molar-refractivity contribution in [2.75, 3.05) is 6.61 Å². The minimum absolute atomic E-state index is 0.253. The van der Waals surface area contributed by atoms with E-state index < -0.39 is 0 Å². The van der Waals surface area contributed by atoms with Crippen molar-refractivity contribution in [2.45, 2.75) is 6.61 Å². The Morgan fingerprint density at radius 3 is 3.20 bits per heavy atom. The van der Waals surface area contributed by atoms with Crippen LogP contribution in [0.4, 0.5) is 0 Å². The summed E-state index contributed by atoms with van der Waals surface area (Å²) in [7, 11) is 0. The van der Waals surface area contributed by atoms with Gasteiger partial charge in [-0.1, -0.05) is 17.5 Å². The van der Waals surface area contributed by atoms with Crippen LogP contribution in [0.2, 0.25) is 5.15 Å². The zero-order chi connectivity index (χ0) is 10.7. The molecule has 3 nitrogen and oxygen atoms in total. The van der Waals surface area contributed by atoms with Gasteiger partial charge in [0.05, 0.1) is 0 Å². The molecule has 0 aliphatic carbocycles. The average Bonchev–Trinajstić information content (AvgIpc) is 2.66. The summed E-state index contributed by atoms with van der Waals surface area (Å²) in [5, 5.41) is 3.26. The summed E-state index contributed by atoms with van der Waals surface area (Å²) in [6.07, 6.45) is 5.06. The Kier molecular flexibility index (Phi) is 3.17. The SMILES string of the molecule is C#CCOCc1nc(Cl)c2ccsc2n1. The zero-order valence-electron chi connectivity index (χ0n) is 7.74. The smallest absolute Gasteiger partial charge is 0.157 e. The molecule has 2 aromatic rings. The summed E-state index contributed by atoms with van der Waals surface area (Å²) >= 11 is 7.50. The van der Waals surface area contributed by atoms with Gasteiger partial charge in [-0.2, -0.15) is 0 Å². The fourth-order valence-corrected chi connectivity index (χ4v) is 2.22. The molecule has 0 spiro atoms. The molecule has 0 N–H and O–H groups in total. The second-order valence-electron chi connectivity index (χ2n) is 2.77. The van der Waals surface area contributed by atoms with Gasteiger partial charge in [-0.05, 0) is 11.4 Å². The molecule has 0 aliphatic rings. The van der Waals surface area contributed by atoms with Crippen molar-refractivity contribution in [2.24, 2.45) is 0 Å². The summed E-state index contributed by atoms with van der Waals surface area (Å²) < 4.78 is 5.13. The molecule has 15 heavy (non-hydrogen) atoms. The highest BCUT2D eigenvalue weighted by Gasteiger charge is 2.06. The Hall–Kier alpha value is -1.15. The molecular weight excluding hydrogens is 232 g/mol. The van der Waals surface area contributed by atoms with Crippen molar-refractivity contribution in [3.05, 3.63) is 22.4 Å². The van der Waals surface area contributed by atoms with Crippen molar-refractivity contribution in [3.63, 3.8) is 0 Å². The lowest BCUT2D eigenvalue weighted by Gasteiger charge is -2.00. The second-order valence-corrected chi connectivity index (χ2v) is 4.02. The Bertz CT molecular complexity index is 518. The monoisotopic (exact) mass is 238 g/mol. The number of halogens is 1. The van der Waals surface area contributed by atoms with Crippen LogP contribution >= 0.6 is 22.9 Å². The van der Waals surface area contributed by atoms with Crippen LogP contribution < -0.4 is 0 Å². The highest BCUT2D eigenvalue weighted by atomic mass is 35.5. The van der Waals surface area contributed by atoms with Crippen LogP contribution in [0.5, 0.6) is 0 Å². The maximum absolute atomic E-state index is 5.98. The fourth-order valence-electron chi connectivity index (χ4n) is 1.13. The van der Waals surface area contributed by atoms with Gasteiger partial charge < -0.3 is 4.74 Å². The number of terminal acetylenes is 1. The molecular formula is C10H7ClN2OS. The Morgan fingerprint density at radius 1 is 1.53 bits per heavy atom. The molecule has 2 heterocycles. The van der Waals surface area contributed by atoms with Crippen LogP contribution in [-0.4, -0.2) is 16.6 Å². The van der Waals surface area contributed by atoms with E-state index in [-0.39, 0.29) is 13.2 Å². The molecule has 0 aromatic carbocycles. The number of rotatable bonds is 3. The van der Waals surface area contributed by atoms with E-state index in [0.717, 1.165) is 10.2 Å². The first-order valence-corrected chi connectivity index (χ1v) is 5.48. The lowest BCUT2D eigenvalue weighted by molar-refractivity contribution is 0.147. The zero-order valence-corrected chi connectivity index (χ0v) is 9.31. The molecule has 0 saturated heterocycles. The third-order valence-electron chi connectivity index (χ3n) is 1.74. The van der Waals surface area contributed by atoms with E-state index in [1.54, 1.807) is 0 Å². The van der Waals surface area contributed by atoms with Crippen molar-refractivity contribution in [1.82, 2.24) is 9.97 Å². The molecule has 0 unspecified atom stereocenters. The summed E-state index contributed by atoms with van der Waals surface area (Å²) in [5.41, 5.74) is 0. The molecule has 0 atom stereocenters. The van der Waals surface area contributed by atoms with Crippen molar-refractivity contribution >= 4 is 33.2 Å².